The summed E-state index contributed by atoms with van der Waals surface area (Å²) in [5, 5.41) is 12.7. The van der Waals surface area contributed by atoms with E-state index in [1.165, 1.54) is 0 Å². The summed E-state index contributed by atoms with van der Waals surface area (Å²) in [6.07, 6.45) is -3.31. The number of benzene rings is 1. The van der Waals surface area contributed by atoms with Crippen LogP contribution in [0.3, 0.4) is 0 Å². The van der Waals surface area contributed by atoms with Crippen molar-refractivity contribution >= 4 is 34.7 Å². The number of fused-ring (bicyclic) bond motifs is 1. The summed E-state index contributed by atoms with van der Waals surface area (Å²) in [4.78, 5) is 26.5. The van der Waals surface area contributed by atoms with Crippen LogP contribution < -0.4 is 5.56 Å². The molecule has 3 heterocycles. The van der Waals surface area contributed by atoms with Gasteiger partial charge in [0.2, 0.25) is 0 Å². The first kappa shape index (κ1) is 24.1. The van der Waals surface area contributed by atoms with Crippen molar-refractivity contribution in [1.82, 2.24) is 19.5 Å². The molecule has 0 unspecified atom stereocenters. The van der Waals surface area contributed by atoms with Crippen LogP contribution in [-0.4, -0.2) is 63.1 Å². The van der Waals surface area contributed by atoms with E-state index in [4.69, 9.17) is 37.8 Å². The third-order valence-corrected chi connectivity index (χ3v) is 5.02. The van der Waals surface area contributed by atoms with Crippen LogP contribution >= 0.6 is 23.2 Å². The molecule has 0 amide bonds. The third kappa shape index (κ3) is 6.00. The average Bonchev–Trinajstić information content (AvgIpc) is 3.11. The Morgan fingerprint density at radius 2 is 1.88 bits per heavy atom. The second kappa shape index (κ2) is 9.90. The maximum atomic E-state index is 12.4. The Kier molecular flexibility index (Phi) is 7.44. The molecule has 8 nitrogen and oxygen atoms in total. The van der Waals surface area contributed by atoms with Crippen molar-refractivity contribution in [2.24, 2.45) is 0 Å². The largest absolute Gasteiger partial charge is 0.490 e. The number of morpholine rings is 1. The number of hydrogen-bond donors (Lipinski definition) is 2. The molecule has 0 spiro atoms. The number of halogens is 5. The van der Waals surface area contributed by atoms with Crippen molar-refractivity contribution < 1.29 is 27.8 Å². The van der Waals surface area contributed by atoms with Crippen LogP contribution in [0.5, 0.6) is 0 Å². The lowest BCUT2D eigenvalue weighted by molar-refractivity contribution is -0.192. The molecule has 1 aliphatic heterocycles. The minimum absolute atomic E-state index is 0.204. The molecular formula is C19H17Cl2F3N4O4. The number of nitrogens with one attached hydrogen (secondary N) is 1. The predicted octanol–water partition coefficient (Wildman–Crippen LogP) is 3.46. The molecule has 4 rings (SSSR count). The number of carbonyl (C=O) groups is 1. The van der Waals surface area contributed by atoms with E-state index in [9.17, 15) is 18.0 Å². The average molecular weight is 493 g/mol. The SMILES string of the molecule is O=C(O)C(F)(F)F.O=c1[nH]c(-c2ccc(Cl)cc2Cl)cn2nc(CN3CCOCC3)cc12. The normalized spacial score (nSPS) is 14.8. The van der Waals surface area contributed by atoms with Crippen LogP contribution in [0.2, 0.25) is 10.0 Å². The fourth-order valence-corrected chi connectivity index (χ4v) is 3.47. The third-order valence-electron chi connectivity index (χ3n) is 4.47. The Bertz CT molecular complexity index is 1170. The Morgan fingerprint density at radius 1 is 1.22 bits per heavy atom. The number of aromatic amines is 1. The van der Waals surface area contributed by atoms with Crippen LogP contribution in [0.4, 0.5) is 13.2 Å². The highest BCUT2D eigenvalue weighted by Crippen LogP contribution is 2.28. The topological polar surface area (TPSA) is 99.9 Å². The van der Waals surface area contributed by atoms with Gasteiger partial charge in [-0.1, -0.05) is 23.2 Å². The molecule has 1 saturated heterocycles. The minimum Gasteiger partial charge on any atom is -0.475 e. The van der Waals surface area contributed by atoms with Gasteiger partial charge in [0.15, 0.2) is 0 Å². The highest BCUT2D eigenvalue weighted by Gasteiger charge is 2.38. The fourth-order valence-electron chi connectivity index (χ4n) is 2.96. The molecule has 1 aliphatic rings. The summed E-state index contributed by atoms with van der Waals surface area (Å²) in [5.41, 5.74) is 2.46. The van der Waals surface area contributed by atoms with E-state index >= 15 is 0 Å². The molecule has 172 valence electrons. The van der Waals surface area contributed by atoms with Gasteiger partial charge in [-0.25, -0.2) is 9.31 Å². The number of carboxylic acid groups (broad SMARTS) is 1. The number of aliphatic carboxylic acids is 1. The van der Waals surface area contributed by atoms with E-state index in [1.807, 2.05) is 6.07 Å². The summed E-state index contributed by atoms with van der Waals surface area (Å²) in [6, 6.07) is 6.98. The van der Waals surface area contributed by atoms with Crippen LogP contribution in [-0.2, 0) is 16.1 Å². The highest BCUT2D eigenvalue weighted by molar-refractivity contribution is 6.36. The first-order valence-corrected chi connectivity index (χ1v) is 9.97. The van der Waals surface area contributed by atoms with E-state index < -0.39 is 12.1 Å². The van der Waals surface area contributed by atoms with Crippen molar-refractivity contribution in [2.45, 2.75) is 12.7 Å². The van der Waals surface area contributed by atoms with Crippen molar-refractivity contribution in [1.29, 1.82) is 0 Å². The summed E-state index contributed by atoms with van der Waals surface area (Å²) >= 11 is 12.2. The number of rotatable bonds is 3. The number of H-pyrrole nitrogens is 1. The smallest absolute Gasteiger partial charge is 0.475 e. The first-order chi connectivity index (χ1) is 15.0. The molecule has 13 heteroatoms. The van der Waals surface area contributed by atoms with E-state index in [0.29, 0.717) is 33.4 Å². The monoisotopic (exact) mass is 492 g/mol. The summed E-state index contributed by atoms with van der Waals surface area (Å²) < 4.78 is 38.7. The van der Waals surface area contributed by atoms with Gasteiger partial charge in [-0.2, -0.15) is 18.3 Å². The van der Waals surface area contributed by atoms with Gasteiger partial charge in [-0.3, -0.25) is 9.69 Å². The molecular weight excluding hydrogens is 476 g/mol. The van der Waals surface area contributed by atoms with Crippen molar-refractivity contribution in [3.63, 3.8) is 0 Å². The second-order valence-electron chi connectivity index (χ2n) is 6.78. The number of aromatic nitrogens is 3. The quantitative estimate of drug-likeness (QED) is 0.580. The van der Waals surface area contributed by atoms with Gasteiger partial charge in [0, 0.05) is 30.2 Å². The molecule has 0 aliphatic carbocycles. The first-order valence-electron chi connectivity index (χ1n) is 9.22. The van der Waals surface area contributed by atoms with Gasteiger partial charge in [-0.05, 0) is 24.3 Å². The molecule has 0 atom stereocenters. The molecule has 0 saturated carbocycles. The number of ether oxygens (including phenoxy) is 1. The zero-order valence-corrected chi connectivity index (χ0v) is 17.8. The molecule has 3 aromatic rings. The Labute approximate surface area is 189 Å². The predicted molar refractivity (Wildman–Crippen MR) is 111 cm³/mol. The maximum Gasteiger partial charge on any atom is 0.490 e. The van der Waals surface area contributed by atoms with Gasteiger partial charge < -0.3 is 14.8 Å². The second-order valence-corrected chi connectivity index (χ2v) is 7.62. The lowest BCUT2D eigenvalue weighted by atomic mass is 10.1. The standard InChI is InChI=1S/C17H16Cl2N4O2.C2HF3O2/c18-11-1-2-13(14(19)7-11)15-10-23-16(17(24)20-15)8-12(21-23)9-22-3-5-25-6-4-22;3-2(4,5)1(6)7/h1-2,7-8,10H,3-6,9H2,(H,20,24);(H,6,7). The molecule has 1 fully saturated rings. The van der Waals surface area contributed by atoms with Crippen molar-refractivity contribution in [3.8, 4) is 11.3 Å². The van der Waals surface area contributed by atoms with Gasteiger partial charge in [0.1, 0.15) is 5.52 Å². The van der Waals surface area contributed by atoms with Gasteiger partial charge >= 0.3 is 12.1 Å². The summed E-state index contributed by atoms with van der Waals surface area (Å²) in [6.45, 7) is 3.90. The molecule has 2 N–H and O–H groups in total. The van der Waals surface area contributed by atoms with E-state index in [1.54, 1.807) is 28.9 Å². The number of alkyl halides is 3. The number of nitrogens with zero attached hydrogens (tertiary/aromatic N) is 3. The van der Waals surface area contributed by atoms with Gasteiger partial charge in [-0.15, -0.1) is 0 Å². The van der Waals surface area contributed by atoms with E-state index in [0.717, 1.165) is 32.0 Å². The van der Waals surface area contributed by atoms with Gasteiger partial charge in [0.25, 0.3) is 5.56 Å². The van der Waals surface area contributed by atoms with E-state index in [2.05, 4.69) is 15.0 Å². The zero-order valence-electron chi connectivity index (χ0n) is 16.3. The Hall–Kier alpha value is -2.60. The molecule has 0 bridgehead atoms. The van der Waals surface area contributed by atoms with E-state index in [-0.39, 0.29) is 5.56 Å². The maximum absolute atomic E-state index is 12.4. The number of hydrogen-bond acceptors (Lipinski definition) is 5. The zero-order chi connectivity index (χ0) is 23.5. The molecule has 0 radical (unpaired) electrons. The Morgan fingerprint density at radius 3 is 2.47 bits per heavy atom. The minimum atomic E-state index is -5.08. The summed E-state index contributed by atoms with van der Waals surface area (Å²) in [5.74, 6) is -2.76. The van der Waals surface area contributed by atoms with Crippen molar-refractivity contribution in [2.75, 3.05) is 26.3 Å². The molecule has 1 aromatic carbocycles. The molecule has 2 aromatic heterocycles. The molecule has 32 heavy (non-hydrogen) atoms. The summed E-state index contributed by atoms with van der Waals surface area (Å²) in [7, 11) is 0. The fraction of sp³-hybridized carbons (Fsp3) is 0.316. The van der Waals surface area contributed by atoms with Crippen molar-refractivity contribution in [3.05, 3.63) is 56.6 Å². The van der Waals surface area contributed by atoms with Crippen LogP contribution in [0, 0.1) is 0 Å². The van der Waals surface area contributed by atoms with Crippen LogP contribution in [0.15, 0.2) is 35.3 Å². The highest BCUT2D eigenvalue weighted by atomic mass is 35.5. The van der Waals surface area contributed by atoms with Crippen LogP contribution in [0.25, 0.3) is 16.8 Å². The van der Waals surface area contributed by atoms with Gasteiger partial charge in [0.05, 0.1) is 35.8 Å². The van der Waals surface area contributed by atoms with Crippen LogP contribution in [0.1, 0.15) is 5.69 Å². The number of carboxylic acids is 1. The lowest BCUT2D eigenvalue weighted by Crippen LogP contribution is -2.35. The Balaban J connectivity index is 0.000000360. The lowest BCUT2D eigenvalue weighted by Gasteiger charge is -2.25.